The van der Waals surface area contributed by atoms with Gasteiger partial charge >= 0.3 is 0 Å². The Hall–Kier alpha value is -4.27. The van der Waals surface area contributed by atoms with E-state index in [2.05, 4.69) is 20.9 Å². The molecule has 9 nitrogen and oxygen atoms in total. The van der Waals surface area contributed by atoms with Crippen LogP contribution in [0.4, 0.5) is 22.7 Å². The van der Waals surface area contributed by atoms with Crippen molar-refractivity contribution >= 4 is 28.5 Å². The zero-order valence-electron chi connectivity index (χ0n) is 14.4. The lowest BCUT2D eigenvalue weighted by atomic mass is 10.0. The number of nitro groups is 1. The molecule has 138 valence electrons. The van der Waals surface area contributed by atoms with Gasteiger partial charge in [-0.1, -0.05) is 30.3 Å². The van der Waals surface area contributed by atoms with Crippen LogP contribution in [-0.2, 0) is 0 Å². The molecule has 9 heteroatoms. The van der Waals surface area contributed by atoms with Gasteiger partial charge in [0.2, 0.25) is 0 Å². The average Bonchev–Trinajstić information content (AvgIpc) is 2.75. The minimum atomic E-state index is -0.494. The number of nitrogens with zero attached hydrogens (tertiary/aromatic N) is 4. The van der Waals surface area contributed by atoms with E-state index in [9.17, 15) is 19.9 Å². The van der Waals surface area contributed by atoms with E-state index in [0.29, 0.717) is 22.5 Å². The second kappa shape index (κ2) is 8.41. The fourth-order valence-corrected chi connectivity index (χ4v) is 2.47. The standard InChI is InChI=1S/C19H13N5O4/c25-22-15-8-4-13(5-9-15)19(14-6-10-16(23-26)11-7-14)21-20-17-2-1-3-18(12-17)24(27)28/h1-12,20H. The van der Waals surface area contributed by atoms with Crippen molar-refractivity contribution in [2.75, 3.05) is 5.43 Å². The summed E-state index contributed by atoms with van der Waals surface area (Å²) in [6, 6.07) is 18.8. The minimum absolute atomic E-state index is 0.0652. The van der Waals surface area contributed by atoms with Crippen molar-refractivity contribution in [3.05, 3.63) is 104 Å². The molecule has 0 fully saturated rings. The largest absolute Gasteiger partial charge is 0.278 e. The van der Waals surface area contributed by atoms with E-state index in [1.807, 2.05) is 0 Å². The first kappa shape index (κ1) is 18.5. The van der Waals surface area contributed by atoms with Crippen LogP contribution in [0.15, 0.2) is 88.3 Å². The van der Waals surface area contributed by atoms with Crippen molar-refractivity contribution in [1.29, 1.82) is 0 Å². The molecule has 0 heterocycles. The molecule has 3 aromatic carbocycles. The van der Waals surface area contributed by atoms with Gasteiger partial charge in [0.05, 0.1) is 16.3 Å². The van der Waals surface area contributed by atoms with Gasteiger partial charge in [0, 0.05) is 23.3 Å². The van der Waals surface area contributed by atoms with Crippen LogP contribution in [0.1, 0.15) is 11.1 Å². The van der Waals surface area contributed by atoms with Gasteiger partial charge in [-0.15, -0.1) is 9.81 Å². The van der Waals surface area contributed by atoms with Crippen LogP contribution >= 0.6 is 0 Å². The minimum Gasteiger partial charge on any atom is -0.278 e. The lowest BCUT2D eigenvalue weighted by Gasteiger charge is -2.09. The van der Waals surface area contributed by atoms with Crippen molar-refractivity contribution in [3.8, 4) is 0 Å². The number of nitroso groups, excluding NO2 is 2. The zero-order chi connectivity index (χ0) is 19.9. The van der Waals surface area contributed by atoms with Gasteiger partial charge in [0.15, 0.2) is 0 Å². The first-order valence-corrected chi connectivity index (χ1v) is 8.06. The van der Waals surface area contributed by atoms with Crippen molar-refractivity contribution in [3.63, 3.8) is 0 Å². The van der Waals surface area contributed by atoms with Crippen LogP contribution in [0, 0.1) is 19.9 Å². The van der Waals surface area contributed by atoms with Gasteiger partial charge in [-0.25, -0.2) is 0 Å². The molecular weight excluding hydrogens is 362 g/mol. The van der Waals surface area contributed by atoms with Gasteiger partial charge in [-0.2, -0.15) is 5.10 Å². The van der Waals surface area contributed by atoms with E-state index >= 15 is 0 Å². The topological polar surface area (TPSA) is 126 Å². The molecule has 0 bridgehead atoms. The van der Waals surface area contributed by atoms with E-state index in [1.54, 1.807) is 60.7 Å². The molecule has 0 aliphatic carbocycles. The summed E-state index contributed by atoms with van der Waals surface area (Å²) < 4.78 is 0. The first-order chi connectivity index (χ1) is 13.6. The summed E-state index contributed by atoms with van der Waals surface area (Å²) in [7, 11) is 0. The SMILES string of the molecule is O=Nc1ccc(C(=NNc2cccc([N+](=O)[O-])c2)c2ccc(N=O)cc2)cc1. The van der Waals surface area contributed by atoms with Crippen LogP contribution in [0.25, 0.3) is 0 Å². The Morgan fingerprint density at radius 1 is 0.821 bits per heavy atom. The normalized spacial score (nSPS) is 10.0. The second-order valence-electron chi connectivity index (χ2n) is 5.66. The van der Waals surface area contributed by atoms with Crippen LogP contribution in [0.2, 0.25) is 0 Å². The van der Waals surface area contributed by atoms with Gasteiger partial charge in [0.1, 0.15) is 11.4 Å². The van der Waals surface area contributed by atoms with Gasteiger partial charge in [-0.05, 0) is 40.7 Å². The molecule has 3 rings (SSSR count). The van der Waals surface area contributed by atoms with Crippen molar-refractivity contribution in [2.45, 2.75) is 0 Å². The molecule has 0 aromatic heterocycles. The summed E-state index contributed by atoms with van der Waals surface area (Å²) in [5.74, 6) is 0. The van der Waals surface area contributed by atoms with Crippen LogP contribution in [-0.4, -0.2) is 10.6 Å². The first-order valence-electron chi connectivity index (χ1n) is 8.06. The number of hydrogen-bond acceptors (Lipinski definition) is 8. The molecule has 0 unspecified atom stereocenters. The highest BCUT2D eigenvalue weighted by Gasteiger charge is 2.10. The lowest BCUT2D eigenvalue weighted by molar-refractivity contribution is -0.384. The molecule has 3 aromatic rings. The molecule has 0 saturated heterocycles. The fourth-order valence-electron chi connectivity index (χ4n) is 2.47. The molecule has 0 aliphatic heterocycles. The number of nitro benzene ring substituents is 1. The Kier molecular flexibility index (Phi) is 5.56. The quantitative estimate of drug-likeness (QED) is 0.261. The van der Waals surface area contributed by atoms with Crippen LogP contribution in [0.3, 0.4) is 0 Å². The molecule has 0 amide bonds. The number of non-ortho nitro benzene ring substituents is 1. The van der Waals surface area contributed by atoms with Gasteiger partial charge in [-0.3, -0.25) is 15.5 Å². The number of hydrazone groups is 1. The molecule has 0 spiro atoms. The highest BCUT2D eigenvalue weighted by atomic mass is 16.6. The Labute approximate surface area is 158 Å². The third-order valence-electron chi connectivity index (χ3n) is 3.85. The summed E-state index contributed by atoms with van der Waals surface area (Å²) in [6.07, 6.45) is 0. The van der Waals surface area contributed by atoms with Gasteiger partial charge in [0.25, 0.3) is 5.69 Å². The van der Waals surface area contributed by atoms with Crippen molar-refractivity contribution in [2.24, 2.45) is 15.5 Å². The summed E-state index contributed by atoms with van der Waals surface area (Å²) in [5, 5.41) is 21.0. The van der Waals surface area contributed by atoms with Crippen LogP contribution < -0.4 is 5.43 Å². The molecule has 28 heavy (non-hydrogen) atoms. The Morgan fingerprint density at radius 3 is 1.82 bits per heavy atom. The highest BCUT2D eigenvalue weighted by Crippen LogP contribution is 2.21. The number of benzene rings is 3. The maximum Gasteiger partial charge on any atom is 0.271 e. The smallest absolute Gasteiger partial charge is 0.271 e. The van der Waals surface area contributed by atoms with E-state index < -0.39 is 4.92 Å². The maximum atomic E-state index is 10.9. The van der Waals surface area contributed by atoms with Crippen molar-refractivity contribution < 1.29 is 4.92 Å². The molecular formula is C19H13N5O4. The molecule has 0 radical (unpaired) electrons. The predicted octanol–water partition coefficient (Wildman–Crippen LogP) is 5.26. The number of nitrogens with one attached hydrogen (secondary N) is 1. The lowest BCUT2D eigenvalue weighted by Crippen LogP contribution is -2.06. The predicted molar refractivity (Wildman–Crippen MR) is 106 cm³/mol. The Balaban J connectivity index is 1.99. The molecule has 0 aliphatic rings. The van der Waals surface area contributed by atoms with E-state index in [4.69, 9.17) is 0 Å². The fraction of sp³-hybridized carbons (Fsp3) is 0. The molecule has 0 saturated carbocycles. The monoisotopic (exact) mass is 375 g/mol. The Bertz CT molecular complexity index is 993. The Morgan fingerprint density at radius 2 is 1.36 bits per heavy atom. The summed E-state index contributed by atoms with van der Waals surface area (Å²) in [4.78, 5) is 31.7. The maximum absolute atomic E-state index is 10.9. The van der Waals surface area contributed by atoms with E-state index in [-0.39, 0.29) is 17.1 Å². The van der Waals surface area contributed by atoms with Crippen molar-refractivity contribution in [1.82, 2.24) is 0 Å². The highest BCUT2D eigenvalue weighted by molar-refractivity contribution is 6.13. The van der Waals surface area contributed by atoms with E-state index in [1.165, 1.54) is 12.1 Å². The number of hydrogen-bond donors (Lipinski definition) is 1. The number of rotatable bonds is 7. The summed E-state index contributed by atoms with van der Waals surface area (Å²) in [5.41, 5.74) is 5.58. The zero-order valence-corrected chi connectivity index (χ0v) is 14.4. The van der Waals surface area contributed by atoms with Crippen LogP contribution in [0.5, 0.6) is 0 Å². The average molecular weight is 375 g/mol. The third kappa shape index (κ3) is 4.28. The summed E-state index contributed by atoms with van der Waals surface area (Å²) in [6.45, 7) is 0. The molecule has 1 N–H and O–H groups in total. The summed E-state index contributed by atoms with van der Waals surface area (Å²) >= 11 is 0. The third-order valence-corrected chi connectivity index (χ3v) is 3.85. The second-order valence-corrected chi connectivity index (χ2v) is 5.66. The van der Waals surface area contributed by atoms with Gasteiger partial charge < -0.3 is 0 Å². The molecule has 0 atom stereocenters. The van der Waals surface area contributed by atoms with E-state index in [0.717, 1.165) is 0 Å². The number of anilines is 1.